The van der Waals surface area contributed by atoms with E-state index in [9.17, 15) is 19.2 Å². The molecule has 0 aliphatic heterocycles. The molecule has 5 rings (SSSR count). The Bertz CT molecular complexity index is 1930. The normalized spacial score (nSPS) is 13.0. The van der Waals surface area contributed by atoms with Gasteiger partial charge in [-0.05, 0) is 86.2 Å². The fourth-order valence-electron chi connectivity index (χ4n) is 6.46. The summed E-state index contributed by atoms with van der Waals surface area (Å²) in [7, 11) is 3.05. The Kier molecular flexibility index (Phi) is 13.4. The van der Waals surface area contributed by atoms with Crippen LogP contribution >= 0.6 is 0 Å². The smallest absolute Gasteiger partial charge is 0.408 e. The van der Waals surface area contributed by atoms with Gasteiger partial charge in [0, 0.05) is 30.5 Å². The topological polar surface area (TPSA) is 151 Å². The number of hydrogen-bond acceptors (Lipinski definition) is 9. The van der Waals surface area contributed by atoms with Gasteiger partial charge >= 0.3 is 12.1 Å². The van der Waals surface area contributed by atoms with Crippen molar-refractivity contribution < 1.29 is 42.9 Å². The predicted molar refractivity (Wildman–Crippen MR) is 207 cm³/mol. The SMILES string of the molecule is CCNC(=O)COc1ccc(C(NC(=O)[C@H](CCC(=O)OCC2c3ccccc3-c3ccccc32)NC(=O)OC(C)(C)C)c2ccc(OC)cc2OC)cc1. The Morgan fingerprint density at radius 1 is 0.782 bits per heavy atom. The van der Waals surface area contributed by atoms with Crippen molar-refractivity contribution in [2.75, 3.05) is 34.0 Å². The molecule has 0 aromatic heterocycles. The number of fused-ring (bicyclic) bond motifs is 3. The molecule has 0 bridgehead atoms. The number of carbonyl (C=O) groups is 4. The highest BCUT2D eigenvalue weighted by Gasteiger charge is 2.31. The lowest BCUT2D eigenvalue weighted by Crippen LogP contribution is -2.49. The van der Waals surface area contributed by atoms with Crippen LogP contribution in [0.25, 0.3) is 11.1 Å². The van der Waals surface area contributed by atoms with Crippen LogP contribution in [0, 0.1) is 0 Å². The third-order valence-electron chi connectivity index (χ3n) is 9.01. The van der Waals surface area contributed by atoms with E-state index >= 15 is 0 Å². The lowest BCUT2D eigenvalue weighted by molar-refractivity contribution is -0.144. The first-order chi connectivity index (χ1) is 26.4. The van der Waals surface area contributed by atoms with E-state index in [1.807, 2.05) is 43.3 Å². The average Bonchev–Trinajstić information content (AvgIpc) is 3.49. The Hall–Kier alpha value is -6.04. The Morgan fingerprint density at radius 3 is 2.02 bits per heavy atom. The van der Waals surface area contributed by atoms with Gasteiger partial charge in [-0.3, -0.25) is 14.4 Å². The van der Waals surface area contributed by atoms with E-state index in [1.165, 1.54) is 14.2 Å². The molecule has 12 nitrogen and oxygen atoms in total. The monoisotopic (exact) mass is 751 g/mol. The van der Waals surface area contributed by atoms with Crippen LogP contribution < -0.4 is 30.2 Å². The first-order valence-electron chi connectivity index (χ1n) is 18.3. The zero-order valence-electron chi connectivity index (χ0n) is 32.1. The van der Waals surface area contributed by atoms with Crippen LogP contribution in [-0.2, 0) is 23.9 Å². The zero-order chi connectivity index (χ0) is 39.5. The van der Waals surface area contributed by atoms with Crippen LogP contribution in [0.15, 0.2) is 91.0 Å². The molecule has 0 radical (unpaired) electrons. The molecular weight excluding hydrogens is 702 g/mol. The summed E-state index contributed by atoms with van der Waals surface area (Å²) in [6.07, 6.45) is -1.04. The van der Waals surface area contributed by atoms with Crippen LogP contribution in [0.4, 0.5) is 4.79 Å². The van der Waals surface area contributed by atoms with Crippen molar-refractivity contribution in [3.8, 4) is 28.4 Å². The lowest BCUT2D eigenvalue weighted by Gasteiger charge is -2.27. The summed E-state index contributed by atoms with van der Waals surface area (Å²) in [5.74, 6) is -0.0145. The number of alkyl carbamates (subject to hydrolysis) is 1. The van der Waals surface area contributed by atoms with E-state index in [1.54, 1.807) is 63.2 Å². The van der Waals surface area contributed by atoms with E-state index in [4.69, 9.17) is 23.7 Å². The summed E-state index contributed by atoms with van der Waals surface area (Å²) in [5.41, 5.74) is 4.81. The number of benzene rings is 4. The quantitative estimate of drug-likeness (QED) is 0.110. The van der Waals surface area contributed by atoms with E-state index in [0.717, 1.165) is 22.3 Å². The maximum atomic E-state index is 14.2. The molecule has 0 fully saturated rings. The largest absolute Gasteiger partial charge is 0.497 e. The van der Waals surface area contributed by atoms with Crippen LogP contribution in [0.5, 0.6) is 17.2 Å². The molecular formula is C43H49N3O9. The van der Waals surface area contributed by atoms with E-state index in [0.29, 0.717) is 34.9 Å². The first kappa shape index (κ1) is 40.2. The van der Waals surface area contributed by atoms with Gasteiger partial charge in [-0.2, -0.15) is 0 Å². The van der Waals surface area contributed by atoms with Crippen LogP contribution in [0.1, 0.15) is 74.8 Å². The molecule has 2 atom stereocenters. The van der Waals surface area contributed by atoms with Crippen molar-refractivity contribution in [2.24, 2.45) is 0 Å². The molecule has 290 valence electrons. The minimum absolute atomic E-state index is 0.0686. The third-order valence-corrected chi connectivity index (χ3v) is 9.01. The molecule has 12 heteroatoms. The number of hydrogen-bond donors (Lipinski definition) is 3. The highest BCUT2D eigenvalue weighted by atomic mass is 16.6. The van der Waals surface area contributed by atoms with Gasteiger partial charge in [0.1, 0.15) is 35.5 Å². The number of amides is 3. The zero-order valence-corrected chi connectivity index (χ0v) is 32.1. The summed E-state index contributed by atoms with van der Waals surface area (Å²) >= 11 is 0. The van der Waals surface area contributed by atoms with Crippen molar-refractivity contribution in [1.82, 2.24) is 16.0 Å². The number of methoxy groups -OCH3 is 2. The maximum absolute atomic E-state index is 14.2. The van der Waals surface area contributed by atoms with Crippen LogP contribution in [-0.4, -0.2) is 69.5 Å². The van der Waals surface area contributed by atoms with Crippen molar-refractivity contribution in [3.63, 3.8) is 0 Å². The Balaban J connectivity index is 1.35. The van der Waals surface area contributed by atoms with Crippen molar-refractivity contribution in [2.45, 2.75) is 64.1 Å². The summed E-state index contributed by atoms with van der Waals surface area (Å²) in [4.78, 5) is 52.5. The molecule has 1 aliphatic carbocycles. The number of esters is 1. The van der Waals surface area contributed by atoms with Gasteiger partial charge < -0.3 is 39.6 Å². The Labute approximate surface area is 321 Å². The Morgan fingerprint density at radius 2 is 1.42 bits per heavy atom. The van der Waals surface area contributed by atoms with E-state index in [-0.39, 0.29) is 37.9 Å². The number of nitrogens with one attached hydrogen (secondary N) is 3. The van der Waals surface area contributed by atoms with Crippen LogP contribution in [0.2, 0.25) is 0 Å². The second-order valence-electron chi connectivity index (χ2n) is 14.0. The highest BCUT2D eigenvalue weighted by Crippen LogP contribution is 2.44. The van der Waals surface area contributed by atoms with Gasteiger partial charge in [-0.25, -0.2) is 4.79 Å². The maximum Gasteiger partial charge on any atom is 0.408 e. The molecule has 4 aromatic rings. The number of carbonyl (C=O) groups excluding carboxylic acids is 4. The molecule has 0 saturated carbocycles. The average molecular weight is 752 g/mol. The molecule has 0 saturated heterocycles. The van der Waals surface area contributed by atoms with Crippen molar-refractivity contribution in [3.05, 3.63) is 113 Å². The van der Waals surface area contributed by atoms with Gasteiger partial charge in [-0.1, -0.05) is 60.7 Å². The molecule has 4 aromatic carbocycles. The fourth-order valence-corrected chi connectivity index (χ4v) is 6.46. The molecule has 1 aliphatic rings. The summed E-state index contributed by atoms with van der Waals surface area (Å²) in [6, 6.07) is 26.3. The van der Waals surface area contributed by atoms with Crippen LogP contribution in [0.3, 0.4) is 0 Å². The lowest BCUT2D eigenvalue weighted by atomic mass is 9.96. The van der Waals surface area contributed by atoms with Gasteiger partial charge in [0.05, 0.1) is 20.3 Å². The van der Waals surface area contributed by atoms with E-state index < -0.39 is 35.7 Å². The van der Waals surface area contributed by atoms with Crippen molar-refractivity contribution in [1.29, 1.82) is 0 Å². The molecule has 3 amide bonds. The predicted octanol–water partition coefficient (Wildman–Crippen LogP) is 6.45. The summed E-state index contributed by atoms with van der Waals surface area (Å²) < 4.78 is 28.0. The number of likely N-dealkylation sites (N-methyl/N-ethyl adjacent to an activating group) is 1. The molecule has 3 N–H and O–H groups in total. The fraction of sp³-hybridized carbons (Fsp3) is 0.349. The number of rotatable bonds is 16. The minimum Gasteiger partial charge on any atom is -0.497 e. The number of ether oxygens (including phenoxy) is 5. The molecule has 0 heterocycles. The van der Waals surface area contributed by atoms with Gasteiger partial charge in [-0.15, -0.1) is 0 Å². The van der Waals surface area contributed by atoms with Crippen molar-refractivity contribution >= 4 is 23.9 Å². The first-order valence-corrected chi connectivity index (χ1v) is 18.3. The summed E-state index contributed by atoms with van der Waals surface area (Å²) in [5, 5.41) is 8.40. The standard InChI is InChI=1S/C43H49N3O9/c1-7-44-38(47)26-53-28-18-16-27(17-19-28)40(34-21-20-29(51-5)24-37(34)52-6)46-41(49)36(45-42(50)55-43(2,3)4)22-23-39(48)54-25-35-32-14-10-8-12-30(32)31-13-9-11-15-33(31)35/h8-21,24,35-36,40H,7,22-23,25-26H2,1-6H3,(H,44,47)(H,45,50)(H,46,49)/t36-,40?/m0/s1. The molecule has 0 spiro atoms. The third kappa shape index (κ3) is 10.6. The minimum atomic E-state index is -1.18. The van der Waals surface area contributed by atoms with E-state index in [2.05, 4.69) is 28.1 Å². The molecule has 1 unspecified atom stereocenters. The second kappa shape index (κ2) is 18.3. The van der Waals surface area contributed by atoms with Gasteiger partial charge in [0.15, 0.2) is 6.61 Å². The summed E-state index contributed by atoms with van der Waals surface area (Å²) in [6.45, 7) is 7.44. The van der Waals surface area contributed by atoms with Gasteiger partial charge in [0.2, 0.25) is 5.91 Å². The second-order valence-corrected chi connectivity index (χ2v) is 14.0. The molecule has 55 heavy (non-hydrogen) atoms. The van der Waals surface area contributed by atoms with Gasteiger partial charge in [0.25, 0.3) is 5.91 Å². The highest BCUT2D eigenvalue weighted by molar-refractivity contribution is 5.87.